The van der Waals surface area contributed by atoms with Crippen LogP contribution in [0.3, 0.4) is 0 Å². The van der Waals surface area contributed by atoms with Gasteiger partial charge in [-0.3, -0.25) is 14.8 Å². The van der Waals surface area contributed by atoms with Gasteiger partial charge in [-0.25, -0.2) is 0 Å². The van der Waals surface area contributed by atoms with Crippen molar-refractivity contribution < 1.29 is 9.15 Å². The molecule has 3 aliphatic heterocycles. The number of hydrogen-bond acceptors (Lipinski definition) is 5. The molecule has 2 N–H and O–H groups in total. The van der Waals surface area contributed by atoms with Crippen molar-refractivity contribution in [2.45, 2.75) is 25.8 Å². The van der Waals surface area contributed by atoms with Crippen molar-refractivity contribution in [3.8, 4) is 0 Å². The highest BCUT2D eigenvalue weighted by Gasteiger charge is 2.31. The van der Waals surface area contributed by atoms with E-state index in [0.717, 1.165) is 64.0 Å². The molecule has 0 aliphatic carbocycles. The first-order valence-electron chi connectivity index (χ1n) is 9.94. The summed E-state index contributed by atoms with van der Waals surface area (Å²) in [4.78, 5) is 10.00. The molecule has 3 fully saturated rings. The number of hydrogen-bond donors (Lipinski definition) is 2. The number of aliphatic imine (C=N–C) groups is 1. The quantitative estimate of drug-likeness (QED) is 0.364. The summed E-state index contributed by atoms with van der Waals surface area (Å²) in [6.07, 6.45) is 3.56. The zero-order chi connectivity index (χ0) is 18.0. The van der Waals surface area contributed by atoms with Crippen LogP contribution in [0, 0.1) is 0 Å². The molecule has 0 spiro atoms. The van der Waals surface area contributed by atoms with Gasteiger partial charge in [-0.05, 0) is 25.5 Å². The monoisotopic (exact) mass is 363 g/mol. The smallest absolute Gasteiger partial charge is 0.191 e. The third kappa shape index (κ3) is 6.00. The van der Waals surface area contributed by atoms with Crippen LogP contribution in [0.15, 0.2) is 27.8 Å². The molecule has 26 heavy (non-hydrogen) atoms. The van der Waals surface area contributed by atoms with Gasteiger partial charge in [0.05, 0.1) is 12.8 Å². The molecule has 0 aromatic carbocycles. The molecule has 0 amide bonds. The first-order valence-corrected chi connectivity index (χ1v) is 9.94. The van der Waals surface area contributed by atoms with Gasteiger partial charge in [0.25, 0.3) is 0 Å². The van der Waals surface area contributed by atoms with Crippen LogP contribution in [0.25, 0.3) is 0 Å². The molecule has 0 radical (unpaired) electrons. The van der Waals surface area contributed by atoms with Crippen LogP contribution in [-0.4, -0.2) is 87.4 Å². The molecule has 146 valence electrons. The van der Waals surface area contributed by atoms with Gasteiger partial charge in [-0.2, -0.15) is 0 Å². The standard InChI is InChI=1S/C19H33N5O2/c1-2-25-13-4-7-20-19(21-8-6-18-5-3-14-26-18)22-15-17-16-23-9-11-24(17)12-10-23/h3,5,14,17H,2,4,6-13,15-16H2,1H3,(H2,20,21,22). The first kappa shape index (κ1) is 19.2. The van der Waals surface area contributed by atoms with Crippen LogP contribution in [0.2, 0.25) is 0 Å². The van der Waals surface area contributed by atoms with E-state index in [1.807, 2.05) is 19.1 Å². The molecule has 1 aromatic heterocycles. The molecule has 0 saturated carbocycles. The Bertz CT molecular complexity index is 526. The predicted molar refractivity (Wildman–Crippen MR) is 104 cm³/mol. The van der Waals surface area contributed by atoms with Gasteiger partial charge in [-0.15, -0.1) is 0 Å². The fraction of sp³-hybridized carbons (Fsp3) is 0.737. The topological polar surface area (TPSA) is 65.3 Å². The van der Waals surface area contributed by atoms with Crippen LogP contribution in [0.5, 0.6) is 0 Å². The van der Waals surface area contributed by atoms with Gasteiger partial charge in [-0.1, -0.05) is 0 Å². The molecule has 4 heterocycles. The Labute approximate surface area is 156 Å². The largest absolute Gasteiger partial charge is 0.469 e. The first-order chi connectivity index (χ1) is 12.8. The Morgan fingerprint density at radius 3 is 2.81 bits per heavy atom. The van der Waals surface area contributed by atoms with Crippen LogP contribution < -0.4 is 10.6 Å². The average molecular weight is 364 g/mol. The summed E-state index contributed by atoms with van der Waals surface area (Å²) in [5.74, 6) is 1.89. The van der Waals surface area contributed by atoms with E-state index in [1.54, 1.807) is 6.26 Å². The molecule has 1 unspecified atom stereocenters. The predicted octanol–water partition coefficient (Wildman–Crippen LogP) is 0.784. The maximum Gasteiger partial charge on any atom is 0.191 e. The molecular formula is C19H33N5O2. The fourth-order valence-electron chi connectivity index (χ4n) is 3.55. The number of nitrogens with zero attached hydrogens (tertiary/aromatic N) is 3. The molecule has 3 aliphatic rings. The van der Waals surface area contributed by atoms with Crippen molar-refractivity contribution in [2.24, 2.45) is 4.99 Å². The Morgan fingerprint density at radius 2 is 2.12 bits per heavy atom. The molecule has 4 rings (SSSR count). The summed E-state index contributed by atoms with van der Waals surface area (Å²) in [7, 11) is 0. The lowest BCUT2D eigenvalue weighted by atomic mass is 10.1. The van der Waals surface area contributed by atoms with E-state index in [-0.39, 0.29) is 0 Å². The Balaban J connectivity index is 1.45. The van der Waals surface area contributed by atoms with Gasteiger partial charge in [0.1, 0.15) is 5.76 Å². The van der Waals surface area contributed by atoms with Gasteiger partial charge in [0.15, 0.2) is 5.96 Å². The maximum atomic E-state index is 5.41. The molecule has 1 aromatic rings. The van der Waals surface area contributed by atoms with Crippen molar-refractivity contribution in [1.82, 2.24) is 20.4 Å². The average Bonchev–Trinajstić information content (AvgIpc) is 3.20. The van der Waals surface area contributed by atoms with Crippen LogP contribution >= 0.6 is 0 Å². The van der Waals surface area contributed by atoms with Crippen molar-refractivity contribution in [3.63, 3.8) is 0 Å². The number of furan rings is 1. The highest BCUT2D eigenvalue weighted by Crippen LogP contribution is 2.15. The molecule has 1 atom stereocenters. The lowest BCUT2D eigenvalue weighted by molar-refractivity contribution is 0.0174. The molecular weight excluding hydrogens is 330 g/mol. The fourth-order valence-corrected chi connectivity index (χ4v) is 3.55. The number of nitrogens with one attached hydrogen (secondary N) is 2. The third-order valence-electron chi connectivity index (χ3n) is 5.06. The van der Waals surface area contributed by atoms with Crippen molar-refractivity contribution in [3.05, 3.63) is 24.2 Å². The molecule has 7 heteroatoms. The van der Waals surface area contributed by atoms with Crippen LogP contribution in [0.4, 0.5) is 0 Å². The number of fused-ring (bicyclic) bond motifs is 3. The Kier molecular flexibility index (Phi) is 7.79. The van der Waals surface area contributed by atoms with Gasteiger partial charge in [0, 0.05) is 71.5 Å². The van der Waals surface area contributed by atoms with Crippen molar-refractivity contribution in [1.29, 1.82) is 0 Å². The highest BCUT2D eigenvalue weighted by atomic mass is 16.5. The van der Waals surface area contributed by atoms with Gasteiger partial charge in [0.2, 0.25) is 0 Å². The zero-order valence-corrected chi connectivity index (χ0v) is 16.0. The number of rotatable bonds is 10. The lowest BCUT2D eigenvalue weighted by Gasteiger charge is -2.47. The van der Waals surface area contributed by atoms with E-state index in [1.165, 1.54) is 26.2 Å². The van der Waals surface area contributed by atoms with E-state index in [4.69, 9.17) is 14.1 Å². The summed E-state index contributed by atoms with van der Waals surface area (Å²) >= 11 is 0. The summed E-state index contributed by atoms with van der Waals surface area (Å²) in [6, 6.07) is 4.48. The maximum absolute atomic E-state index is 5.41. The second-order valence-corrected chi connectivity index (χ2v) is 6.91. The van der Waals surface area contributed by atoms with E-state index >= 15 is 0 Å². The van der Waals surface area contributed by atoms with E-state index in [2.05, 4.69) is 20.4 Å². The van der Waals surface area contributed by atoms with E-state index in [9.17, 15) is 0 Å². The highest BCUT2D eigenvalue weighted by molar-refractivity contribution is 5.79. The number of ether oxygens (including phenoxy) is 1. The zero-order valence-electron chi connectivity index (χ0n) is 16.0. The van der Waals surface area contributed by atoms with Gasteiger partial charge < -0.3 is 19.8 Å². The van der Waals surface area contributed by atoms with Crippen molar-refractivity contribution >= 4 is 5.96 Å². The molecule has 3 saturated heterocycles. The van der Waals surface area contributed by atoms with Crippen LogP contribution in [-0.2, 0) is 11.2 Å². The minimum absolute atomic E-state index is 0.546. The van der Waals surface area contributed by atoms with E-state index in [0.29, 0.717) is 6.04 Å². The third-order valence-corrected chi connectivity index (χ3v) is 5.06. The molecule has 2 bridgehead atoms. The SMILES string of the molecule is CCOCCCNC(=NCC1CN2CCN1CC2)NCCc1ccco1. The second-order valence-electron chi connectivity index (χ2n) is 6.91. The Hall–Kier alpha value is -1.57. The second kappa shape index (κ2) is 10.5. The number of piperazine rings is 3. The lowest BCUT2D eigenvalue weighted by Crippen LogP contribution is -2.62. The summed E-state index contributed by atoms with van der Waals surface area (Å²) in [5, 5.41) is 6.88. The Morgan fingerprint density at radius 1 is 1.27 bits per heavy atom. The number of guanidine groups is 1. The summed E-state index contributed by atoms with van der Waals surface area (Å²) in [6.45, 7) is 12.1. The summed E-state index contributed by atoms with van der Waals surface area (Å²) in [5.41, 5.74) is 0. The molecule has 7 nitrogen and oxygen atoms in total. The van der Waals surface area contributed by atoms with Gasteiger partial charge >= 0.3 is 0 Å². The summed E-state index contributed by atoms with van der Waals surface area (Å²) < 4.78 is 10.8. The van der Waals surface area contributed by atoms with Crippen LogP contribution in [0.1, 0.15) is 19.1 Å². The van der Waals surface area contributed by atoms with Crippen molar-refractivity contribution in [2.75, 3.05) is 65.6 Å². The van der Waals surface area contributed by atoms with E-state index < -0.39 is 0 Å². The normalized spacial score (nSPS) is 25.4. The minimum Gasteiger partial charge on any atom is -0.469 e. The minimum atomic E-state index is 0.546.